The second-order valence-corrected chi connectivity index (χ2v) is 5.35. The van der Waals surface area contributed by atoms with E-state index in [-0.39, 0.29) is 5.97 Å². The maximum atomic E-state index is 11.5. The number of carbonyl (C=O) groups excluding carboxylic acids is 1. The van der Waals surface area contributed by atoms with Crippen LogP contribution in [0.15, 0.2) is 18.2 Å². The van der Waals surface area contributed by atoms with E-state index in [2.05, 4.69) is 12.2 Å². The Labute approximate surface area is 114 Å². The minimum absolute atomic E-state index is 0.336. The number of hydrogen-bond donors (Lipinski definition) is 2. The van der Waals surface area contributed by atoms with Crippen molar-refractivity contribution in [3.8, 4) is 0 Å². The summed E-state index contributed by atoms with van der Waals surface area (Å²) < 4.78 is 4.72. The fraction of sp³-hybridized carbons (Fsp3) is 0.533. The summed E-state index contributed by atoms with van der Waals surface area (Å²) in [4.78, 5) is 11.5. The molecule has 4 nitrogen and oxygen atoms in total. The lowest BCUT2D eigenvalue weighted by molar-refractivity contribution is 0.0601. The third-order valence-electron chi connectivity index (χ3n) is 4.29. The zero-order valence-electron chi connectivity index (χ0n) is 11.7. The van der Waals surface area contributed by atoms with Crippen LogP contribution in [0, 0.1) is 5.41 Å². The Morgan fingerprint density at radius 1 is 1.47 bits per heavy atom. The number of methoxy groups -OCH3 is 1. The predicted octanol–water partition coefficient (Wildman–Crippen LogP) is 3.05. The molecule has 0 aliphatic heterocycles. The van der Waals surface area contributed by atoms with Crippen LogP contribution >= 0.6 is 0 Å². The van der Waals surface area contributed by atoms with Crippen LogP contribution < -0.4 is 11.1 Å². The van der Waals surface area contributed by atoms with Gasteiger partial charge in [0.25, 0.3) is 0 Å². The van der Waals surface area contributed by atoms with E-state index in [1.165, 1.54) is 32.8 Å². The van der Waals surface area contributed by atoms with E-state index in [4.69, 9.17) is 10.5 Å². The van der Waals surface area contributed by atoms with Gasteiger partial charge in [-0.3, -0.25) is 0 Å². The zero-order valence-corrected chi connectivity index (χ0v) is 11.7. The predicted molar refractivity (Wildman–Crippen MR) is 77.3 cm³/mol. The van der Waals surface area contributed by atoms with Gasteiger partial charge in [0.1, 0.15) is 0 Å². The summed E-state index contributed by atoms with van der Waals surface area (Å²) in [7, 11) is 1.38. The van der Waals surface area contributed by atoms with Crippen LogP contribution in [-0.4, -0.2) is 19.6 Å². The molecule has 0 heterocycles. The highest BCUT2D eigenvalue weighted by atomic mass is 16.5. The van der Waals surface area contributed by atoms with Crippen LogP contribution in [0.3, 0.4) is 0 Å². The molecular weight excluding hydrogens is 240 g/mol. The van der Waals surface area contributed by atoms with Gasteiger partial charge in [-0.2, -0.15) is 0 Å². The minimum atomic E-state index is -0.336. The first-order valence-corrected chi connectivity index (χ1v) is 6.82. The average Bonchev–Trinajstić information content (AvgIpc) is 2.39. The fourth-order valence-electron chi connectivity index (χ4n) is 2.57. The van der Waals surface area contributed by atoms with Crippen molar-refractivity contribution in [2.24, 2.45) is 5.41 Å². The Kier molecular flexibility index (Phi) is 3.98. The van der Waals surface area contributed by atoms with Gasteiger partial charge in [-0.15, -0.1) is 0 Å². The molecule has 1 fully saturated rings. The molecule has 0 saturated heterocycles. The van der Waals surface area contributed by atoms with Crippen molar-refractivity contribution in [3.05, 3.63) is 23.8 Å². The summed E-state index contributed by atoms with van der Waals surface area (Å²) in [6, 6.07) is 5.20. The molecule has 0 atom stereocenters. The van der Waals surface area contributed by atoms with Crippen LogP contribution in [0.25, 0.3) is 0 Å². The monoisotopic (exact) mass is 262 g/mol. The Morgan fingerprint density at radius 3 is 2.74 bits per heavy atom. The molecule has 0 unspecified atom stereocenters. The van der Waals surface area contributed by atoms with E-state index in [0.717, 1.165) is 12.2 Å². The molecule has 0 aromatic heterocycles. The Hall–Kier alpha value is -1.71. The van der Waals surface area contributed by atoms with E-state index in [1.54, 1.807) is 18.2 Å². The molecule has 0 amide bonds. The van der Waals surface area contributed by atoms with Crippen molar-refractivity contribution in [1.82, 2.24) is 0 Å². The lowest BCUT2D eigenvalue weighted by Gasteiger charge is -2.41. The van der Waals surface area contributed by atoms with Crippen LogP contribution in [0.2, 0.25) is 0 Å². The van der Waals surface area contributed by atoms with Gasteiger partial charge in [0, 0.05) is 6.54 Å². The molecule has 4 heteroatoms. The molecule has 1 aliphatic rings. The molecule has 19 heavy (non-hydrogen) atoms. The second kappa shape index (κ2) is 5.51. The Bertz CT molecular complexity index is 462. The lowest BCUT2D eigenvalue weighted by Crippen LogP contribution is -2.36. The molecule has 0 spiro atoms. The van der Waals surface area contributed by atoms with Crippen molar-refractivity contribution in [1.29, 1.82) is 0 Å². The number of hydrogen-bond acceptors (Lipinski definition) is 4. The Morgan fingerprint density at radius 2 is 2.21 bits per heavy atom. The van der Waals surface area contributed by atoms with Crippen molar-refractivity contribution in [2.45, 2.75) is 32.6 Å². The first kappa shape index (κ1) is 13.7. The van der Waals surface area contributed by atoms with Crippen LogP contribution in [-0.2, 0) is 4.74 Å². The number of ether oxygens (including phenoxy) is 1. The molecule has 1 aromatic carbocycles. The van der Waals surface area contributed by atoms with E-state index >= 15 is 0 Å². The summed E-state index contributed by atoms with van der Waals surface area (Å²) in [6.45, 7) is 3.15. The standard InChI is InChI=1S/C15H22N2O2/c1-3-15(7-4-8-15)10-17-13-9-11(14(18)19-2)5-6-12(13)16/h5-6,9,17H,3-4,7-8,10,16H2,1-2H3. The first-order chi connectivity index (χ1) is 9.10. The van der Waals surface area contributed by atoms with Gasteiger partial charge in [0.15, 0.2) is 0 Å². The van der Waals surface area contributed by atoms with E-state index in [9.17, 15) is 4.79 Å². The Balaban J connectivity index is 2.08. The normalized spacial score (nSPS) is 16.5. The lowest BCUT2D eigenvalue weighted by atomic mass is 9.67. The van der Waals surface area contributed by atoms with Crippen molar-refractivity contribution in [2.75, 3.05) is 24.7 Å². The smallest absolute Gasteiger partial charge is 0.337 e. The molecule has 0 radical (unpaired) electrons. The number of esters is 1. The maximum absolute atomic E-state index is 11.5. The van der Waals surface area contributed by atoms with E-state index < -0.39 is 0 Å². The third-order valence-corrected chi connectivity index (χ3v) is 4.29. The van der Waals surface area contributed by atoms with Gasteiger partial charge in [-0.05, 0) is 42.9 Å². The summed E-state index contributed by atoms with van der Waals surface area (Å²) >= 11 is 0. The summed E-state index contributed by atoms with van der Waals surface area (Å²) in [5, 5.41) is 3.39. The highest BCUT2D eigenvalue weighted by Crippen LogP contribution is 2.43. The molecule has 2 rings (SSSR count). The largest absolute Gasteiger partial charge is 0.465 e. The SMILES string of the molecule is CCC1(CNc2cc(C(=O)OC)ccc2N)CCC1. The number of nitrogens with two attached hydrogens (primary N) is 1. The van der Waals surface area contributed by atoms with Crippen molar-refractivity contribution < 1.29 is 9.53 Å². The van der Waals surface area contributed by atoms with Crippen molar-refractivity contribution in [3.63, 3.8) is 0 Å². The van der Waals surface area contributed by atoms with Gasteiger partial charge in [0.05, 0.1) is 24.0 Å². The highest BCUT2D eigenvalue weighted by Gasteiger charge is 2.34. The van der Waals surface area contributed by atoms with Gasteiger partial charge >= 0.3 is 5.97 Å². The van der Waals surface area contributed by atoms with E-state index in [0.29, 0.717) is 16.7 Å². The van der Waals surface area contributed by atoms with Gasteiger partial charge < -0.3 is 15.8 Å². The molecule has 1 aliphatic carbocycles. The van der Waals surface area contributed by atoms with Gasteiger partial charge in [-0.25, -0.2) is 4.79 Å². The maximum Gasteiger partial charge on any atom is 0.337 e. The minimum Gasteiger partial charge on any atom is -0.465 e. The number of nitrogen functional groups attached to an aromatic ring is 1. The van der Waals surface area contributed by atoms with Crippen molar-refractivity contribution >= 4 is 17.3 Å². The number of nitrogens with one attached hydrogen (secondary N) is 1. The zero-order chi connectivity index (χ0) is 13.9. The van der Waals surface area contributed by atoms with Gasteiger partial charge in [0.2, 0.25) is 0 Å². The average molecular weight is 262 g/mol. The highest BCUT2D eigenvalue weighted by molar-refractivity contribution is 5.91. The molecule has 1 aromatic rings. The quantitative estimate of drug-likeness (QED) is 0.632. The number of rotatable bonds is 5. The summed E-state index contributed by atoms with van der Waals surface area (Å²) in [5.74, 6) is -0.336. The van der Waals surface area contributed by atoms with E-state index in [1.807, 2.05) is 0 Å². The fourth-order valence-corrected chi connectivity index (χ4v) is 2.57. The second-order valence-electron chi connectivity index (χ2n) is 5.35. The number of carbonyl (C=O) groups is 1. The molecule has 1 saturated carbocycles. The summed E-state index contributed by atoms with van der Waals surface area (Å²) in [6.07, 6.45) is 5.03. The van der Waals surface area contributed by atoms with Crippen LogP contribution in [0.1, 0.15) is 43.0 Å². The third kappa shape index (κ3) is 2.83. The van der Waals surface area contributed by atoms with Gasteiger partial charge in [-0.1, -0.05) is 13.3 Å². The van der Waals surface area contributed by atoms with Crippen LogP contribution in [0.5, 0.6) is 0 Å². The molecular formula is C15H22N2O2. The number of anilines is 2. The molecule has 0 bridgehead atoms. The number of benzene rings is 1. The molecule has 3 N–H and O–H groups in total. The first-order valence-electron chi connectivity index (χ1n) is 6.82. The topological polar surface area (TPSA) is 64.3 Å². The van der Waals surface area contributed by atoms with Crippen LogP contribution in [0.4, 0.5) is 11.4 Å². The summed E-state index contributed by atoms with van der Waals surface area (Å²) in [5.41, 5.74) is 8.37. The molecule has 104 valence electrons.